The Labute approximate surface area is 186 Å². The van der Waals surface area contributed by atoms with Crippen LogP contribution in [0.25, 0.3) is 0 Å². The third kappa shape index (κ3) is 3.03. The van der Waals surface area contributed by atoms with Crippen molar-refractivity contribution in [3.8, 4) is 0 Å². The summed E-state index contributed by atoms with van der Waals surface area (Å²) in [6.45, 7) is 0. The highest BCUT2D eigenvalue weighted by Crippen LogP contribution is 2.48. The molecule has 5 rings (SSSR count). The second-order valence-electron chi connectivity index (χ2n) is 7.17. The molecule has 0 saturated carbocycles. The van der Waals surface area contributed by atoms with Gasteiger partial charge in [-0.15, -0.1) is 0 Å². The fourth-order valence-electron chi connectivity index (χ4n) is 4.08. The van der Waals surface area contributed by atoms with Crippen LogP contribution in [-0.4, -0.2) is 17.9 Å². The van der Waals surface area contributed by atoms with Crippen molar-refractivity contribution in [3.63, 3.8) is 0 Å². The number of imide groups is 1. The minimum Gasteiger partial charge on any atom is -0.273 e. The van der Waals surface area contributed by atoms with Crippen LogP contribution < -0.4 is 9.96 Å². The van der Waals surface area contributed by atoms with Crippen LogP contribution in [0.2, 0.25) is 5.02 Å². The summed E-state index contributed by atoms with van der Waals surface area (Å²) in [5.41, 5.74) is 2.05. The van der Waals surface area contributed by atoms with Crippen LogP contribution in [0.4, 0.5) is 11.4 Å². The van der Waals surface area contributed by atoms with E-state index in [-0.39, 0.29) is 5.91 Å². The molecule has 3 aromatic rings. The van der Waals surface area contributed by atoms with E-state index in [9.17, 15) is 9.59 Å². The van der Waals surface area contributed by atoms with Gasteiger partial charge in [0.15, 0.2) is 6.10 Å². The third-order valence-corrected chi connectivity index (χ3v) is 6.28. The van der Waals surface area contributed by atoms with E-state index >= 15 is 0 Å². The number of rotatable bonds is 3. The summed E-state index contributed by atoms with van der Waals surface area (Å²) in [6, 6.07) is 23.6. The van der Waals surface area contributed by atoms with Crippen LogP contribution in [0.5, 0.6) is 0 Å². The SMILES string of the molecule is O=C1[C@H]2[C@@H](ON(c3ccccc3)[C@H]2c2ccc(Br)cc2)C(=O)N1c1ccccc1Cl. The molecule has 2 saturated heterocycles. The maximum Gasteiger partial charge on any atom is 0.266 e. The highest BCUT2D eigenvalue weighted by molar-refractivity contribution is 9.10. The summed E-state index contributed by atoms with van der Waals surface area (Å²) >= 11 is 9.74. The molecule has 2 aliphatic heterocycles. The van der Waals surface area contributed by atoms with Crippen molar-refractivity contribution in [2.75, 3.05) is 9.96 Å². The quantitative estimate of drug-likeness (QED) is 0.483. The molecule has 0 aromatic heterocycles. The van der Waals surface area contributed by atoms with Gasteiger partial charge in [-0.25, -0.2) is 9.96 Å². The number of fused-ring (bicyclic) bond motifs is 1. The smallest absolute Gasteiger partial charge is 0.266 e. The Bertz CT molecular complexity index is 1120. The molecule has 5 nitrogen and oxygen atoms in total. The molecule has 2 aliphatic rings. The first-order chi connectivity index (χ1) is 14.6. The minimum atomic E-state index is -0.914. The maximum atomic E-state index is 13.5. The second-order valence-corrected chi connectivity index (χ2v) is 8.50. The Morgan fingerprint density at radius 2 is 1.50 bits per heavy atom. The summed E-state index contributed by atoms with van der Waals surface area (Å²) in [5, 5.41) is 2.03. The largest absolute Gasteiger partial charge is 0.273 e. The molecule has 7 heteroatoms. The van der Waals surface area contributed by atoms with Gasteiger partial charge in [0.1, 0.15) is 5.92 Å². The zero-order valence-corrected chi connectivity index (χ0v) is 18.0. The van der Waals surface area contributed by atoms with Gasteiger partial charge < -0.3 is 0 Å². The number of hydrogen-bond acceptors (Lipinski definition) is 4. The van der Waals surface area contributed by atoms with E-state index in [2.05, 4.69) is 15.9 Å². The Hall–Kier alpha value is -2.67. The number of anilines is 2. The summed E-state index contributed by atoms with van der Waals surface area (Å²) in [6.07, 6.45) is -0.914. The Morgan fingerprint density at radius 1 is 0.833 bits per heavy atom. The number of hydroxylamine groups is 1. The van der Waals surface area contributed by atoms with Crippen LogP contribution >= 0.6 is 27.5 Å². The second kappa shape index (κ2) is 7.54. The maximum absolute atomic E-state index is 13.5. The monoisotopic (exact) mass is 482 g/mol. The number of amides is 2. The zero-order chi connectivity index (χ0) is 20.8. The van der Waals surface area contributed by atoms with Crippen LogP contribution in [-0.2, 0) is 14.4 Å². The normalized spacial score (nSPS) is 23.2. The average molecular weight is 484 g/mol. The van der Waals surface area contributed by atoms with Crippen molar-refractivity contribution >= 4 is 50.7 Å². The van der Waals surface area contributed by atoms with Gasteiger partial charge in [-0.05, 0) is 42.0 Å². The lowest BCUT2D eigenvalue weighted by atomic mass is 9.90. The number of benzene rings is 3. The van der Waals surface area contributed by atoms with Gasteiger partial charge in [-0.3, -0.25) is 14.4 Å². The third-order valence-electron chi connectivity index (χ3n) is 5.43. The standard InChI is InChI=1S/C23H16BrClN2O3/c24-15-12-10-14(11-13-15)20-19-21(30-27(20)16-6-2-1-3-7-16)23(29)26(22(19)28)18-9-5-4-8-17(18)25/h1-13,19-21H/t19-,20+,21-/m1/s1. The first-order valence-corrected chi connectivity index (χ1v) is 10.6. The fourth-order valence-corrected chi connectivity index (χ4v) is 4.57. The van der Waals surface area contributed by atoms with E-state index < -0.39 is 24.0 Å². The number of nitrogens with zero attached hydrogens (tertiary/aromatic N) is 2. The van der Waals surface area contributed by atoms with Crippen LogP contribution in [0, 0.1) is 5.92 Å². The summed E-state index contributed by atoms with van der Waals surface area (Å²) in [7, 11) is 0. The molecule has 150 valence electrons. The molecule has 2 heterocycles. The molecule has 3 aromatic carbocycles. The van der Waals surface area contributed by atoms with Crippen molar-refractivity contribution in [3.05, 3.63) is 93.9 Å². The first-order valence-electron chi connectivity index (χ1n) is 9.45. The van der Waals surface area contributed by atoms with Crippen LogP contribution in [0.1, 0.15) is 11.6 Å². The van der Waals surface area contributed by atoms with Crippen LogP contribution in [0.15, 0.2) is 83.3 Å². The van der Waals surface area contributed by atoms with Crippen molar-refractivity contribution in [1.82, 2.24) is 0 Å². The average Bonchev–Trinajstić information content (AvgIpc) is 3.26. The topological polar surface area (TPSA) is 49.9 Å². The number of hydrogen-bond donors (Lipinski definition) is 0. The lowest BCUT2D eigenvalue weighted by Crippen LogP contribution is -2.37. The highest BCUT2D eigenvalue weighted by Gasteiger charge is 2.60. The van der Waals surface area contributed by atoms with Crippen molar-refractivity contribution in [1.29, 1.82) is 0 Å². The van der Waals surface area contributed by atoms with Gasteiger partial charge in [0.2, 0.25) is 5.91 Å². The Morgan fingerprint density at radius 3 is 2.20 bits per heavy atom. The molecular formula is C23H16BrClN2O3. The number of para-hydroxylation sites is 2. The summed E-state index contributed by atoms with van der Waals surface area (Å²) in [4.78, 5) is 34.0. The van der Waals surface area contributed by atoms with Crippen LogP contribution in [0.3, 0.4) is 0 Å². The Balaban J connectivity index is 1.60. The first kappa shape index (κ1) is 19.3. The molecular weight excluding hydrogens is 468 g/mol. The van der Waals surface area contributed by atoms with E-state index in [1.165, 1.54) is 0 Å². The number of carbonyl (C=O) groups is 2. The van der Waals surface area contributed by atoms with Gasteiger partial charge >= 0.3 is 0 Å². The molecule has 2 fully saturated rings. The molecule has 30 heavy (non-hydrogen) atoms. The molecule has 0 N–H and O–H groups in total. The minimum absolute atomic E-state index is 0.315. The number of carbonyl (C=O) groups excluding carboxylic acids is 2. The van der Waals surface area contributed by atoms with E-state index in [1.807, 2.05) is 54.6 Å². The van der Waals surface area contributed by atoms with E-state index in [0.717, 1.165) is 20.6 Å². The molecule has 2 amide bonds. The van der Waals surface area contributed by atoms with Crippen molar-refractivity contribution in [2.24, 2.45) is 5.92 Å². The number of halogens is 2. The zero-order valence-electron chi connectivity index (χ0n) is 15.6. The van der Waals surface area contributed by atoms with E-state index in [0.29, 0.717) is 10.7 Å². The van der Waals surface area contributed by atoms with Crippen molar-refractivity contribution in [2.45, 2.75) is 12.1 Å². The molecule has 0 radical (unpaired) electrons. The van der Waals surface area contributed by atoms with E-state index in [4.69, 9.17) is 16.4 Å². The van der Waals surface area contributed by atoms with E-state index in [1.54, 1.807) is 29.3 Å². The van der Waals surface area contributed by atoms with Gasteiger partial charge in [0.05, 0.1) is 22.4 Å². The molecule has 3 atom stereocenters. The van der Waals surface area contributed by atoms with Gasteiger partial charge in [0, 0.05) is 4.47 Å². The lowest BCUT2D eigenvalue weighted by Gasteiger charge is -2.29. The molecule has 0 aliphatic carbocycles. The Kier molecular flexibility index (Phi) is 4.85. The fraction of sp³-hybridized carbons (Fsp3) is 0.130. The summed E-state index contributed by atoms with van der Waals surface area (Å²) < 4.78 is 0.930. The summed E-state index contributed by atoms with van der Waals surface area (Å²) in [5.74, 6) is -1.40. The highest BCUT2D eigenvalue weighted by atomic mass is 79.9. The van der Waals surface area contributed by atoms with Gasteiger partial charge in [-0.1, -0.05) is 70.0 Å². The molecule has 0 bridgehead atoms. The van der Waals surface area contributed by atoms with Gasteiger partial charge in [-0.2, -0.15) is 0 Å². The lowest BCUT2D eigenvalue weighted by molar-refractivity contribution is -0.126. The van der Waals surface area contributed by atoms with Gasteiger partial charge in [0.25, 0.3) is 5.91 Å². The van der Waals surface area contributed by atoms with Crippen molar-refractivity contribution < 1.29 is 14.4 Å². The molecule has 0 unspecified atom stereocenters. The molecule has 0 spiro atoms. The predicted octanol–water partition coefficient (Wildman–Crippen LogP) is 5.15. The predicted molar refractivity (Wildman–Crippen MR) is 118 cm³/mol.